The van der Waals surface area contributed by atoms with Crippen LogP contribution < -0.4 is 5.32 Å². The van der Waals surface area contributed by atoms with Gasteiger partial charge in [0, 0.05) is 11.1 Å². The first-order valence-electron chi connectivity index (χ1n) is 5.99. The van der Waals surface area contributed by atoms with Gasteiger partial charge in [-0.2, -0.15) is 0 Å². The van der Waals surface area contributed by atoms with Crippen LogP contribution in [0.2, 0.25) is 0 Å². The van der Waals surface area contributed by atoms with Gasteiger partial charge < -0.3 is 5.32 Å². The summed E-state index contributed by atoms with van der Waals surface area (Å²) in [7, 11) is 0. The maximum atomic E-state index is 4.18. The number of thiazole rings is 1. The van der Waals surface area contributed by atoms with Crippen LogP contribution in [0.1, 0.15) is 35.4 Å². The van der Waals surface area contributed by atoms with Crippen molar-refractivity contribution in [3.05, 3.63) is 52.0 Å². The zero-order valence-electron chi connectivity index (χ0n) is 10.3. The van der Waals surface area contributed by atoms with Crippen LogP contribution >= 0.6 is 11.3 Å². The van der Waals surface area contributed by atoms with Crippen LogP contribution in [0.3, 0.4) is 0 Å². The maximum Gasteiger partial charge on any atom is 0.0794 e. The van der Waals surface area contributed by atoms with Crippen LogP contribution in [0, 0.1) is 6.92 Å². The van der Waals surface area contributed by atoms with E-state index in [2.05, 4.69) is 48.4 Å². The fraction of sp³-hybridized carbons (Fsp3) is 0.357. The predicted octanol–water partition coefficient (Wildman–Crippen LogP) is 3.54. The van der Waals surface area contributed by atoms with E-state index in [1.165, 1.54) is 16.0 Å². The summed E-state index contributed by atoms with van der Waals surface area (Å²) in [5.41, 5.74) is 4.52. The van der Waals surface area contributed by atoms with E-state index in [0.717, 1.165) is 13.0 Å². The van der Waals surface area contributed by atoms with Crippen molar-refractivity contribution in [3.63, 3.8) is 0 Å². The van der Waals surface area contributed by atoms with Crippen LogP contribution in [-0.4, -0.2) is 11.5 Å². The average Bonchev–Trinajstić information content (AvgIpc) is 2.83. The summed E-state index contributed by atoms with van der Waals surface area (Å²) < 4.78 is 0. The molecule has 0 amide bonds. The number of benzene rings is 1. The maximum absolute atomic E-state index is 4.18. The first-order chi connectivity index (χ1) is 8.31. The van der Waals surface area contributed by atoms with Crippen molar-refractivity contribution in [1.29, 1.82) is 0 Å². The quantitative estimate of drug-likeness (QED) is 0.873. The van der Waals surface area contributed by atoms with Gasteiger partial charge in [-0.05, 0) is 25.5 Å². The zero-order valence-corrected chi connectivity index (χ0v) is 11.1. The molecule has 2 rings (SSSR count). The lowest BCUT2D eigenvalue weighted by Gasteiger charge is -2.17. The molecule has 1 heterocycles. The van der Waals surface area contributed by atoms with Crippen LogP contribution in [0.5, 0.6) is 0 Å². The molecule has 0 saturated carbocycles. The Labute approximate surface area is 107 Å². The van der Waals surface area contributed by atoms with Crippen LogP contribution in [0.15, 0.2) is 36.0 Å². The van der Waals surface area contributed by atoms with Crippen molar-refractivity contribution in [2.75, 3.05) is 6.54 Å². The van der Waals surface area contributed by atoms with Gasteiger partial charge in [0.25, 0.3) is 0 Å². The summed E-state index contributed by atoms with van der Waals surface area (Å²) in [5, 5.41) is 3.59. The van der Waals surface area contributed by atoms with Gasteiger partial charge in [-0.15, -0.1) is 11.3 Å². The van der Waals surface area contributed by atoms with Crippen molar-refractivity contribution >= 4 is 11.3 Å². The Balaban J connectivity index is 2.27. The molecular weight excluding hydrogens is 228 g/mol. The minimum atomic E-state index is 0.280. The third-order valence-corrected chi connectivity index (χ3v) is 3.55. The molecule has 2 aromatic rings. The van der Waals surface area contributed by atoms with Crippen LogP contribution in [0.25, 0.3) is 0 Å². The summed E-state index contributed by atoms with van der Waals surface area (Å²) in [4.78, 5) is 5.46. The highest BCUT2D eigenvalue weighted by molar-refractivity contribution is 7.09. The summed E-state index contributed by atoms with van der Waals surface area (Å²) >= 11 is 1.71. The highest BCUT2D eigenvalue weighted by atomic mass is 32.1. The molecule has 0 aliphatic carbocycles. The molecule has 0 spiro atoms. The van der Waals surface area contributed by atoms with Crippen LogP contribution in [0.4, 0.5) is 0 Å². The SMILES string of the molecule is CCCNC(c1cccc(C)c1)c1cncs1. The fourth-order valence-electron chi connectivity index (χ4n) is 1.89. The summed E-state index contributed by atoms with van der Waals surface area (Å²) in [6.07, 6.45) is 3.10. The summed E-state index contributed by atoms with van der Waals surface area (Å²) in [6.45, 7) is 5.34. The van der Waals surface area contributed by atoms with Gasteiger partial charge in [-0.3, -0.25) is 4.98 Å². The molecule has 2 nitrogen and oxygen atoms in total. The first kappa shape index (κ1) is 12.3. The highest BCUT2D eigenvalue weighted by Crippen LogP contribution is 2.25. The Bertz CT molecular complexity index is 451. The zero-order chi connectivity index (χ0) is 12.1. The average molecular weight is 246 g/mol. The molecule has 0 fully saturated rings. The third kappa shape index (κ3) is 3.14. The Hall–Kier alpha value is -1.19. The van der Waals surface area contributed by atoms with E-state index < -0.39 is 0 Å². The monoisotopic (exact) mass is 246 g/mol. The lowest BCUT2D eigenvalue weighted by molar-refractivity contribution is 0.605. The molecule has 0 radical (unpaired) electrons. The van der Waals surface area contributed by atoms with Crippen molar-refractivity contribution in [2.24, 2.45) is 0 Å². The van der Waals surface area contributed by atoms with Crippen LogP contribution in [-0.2, 0) is 0 Å². The van der Waals surface area contributed by atoms with E-state index in [1.54, 1.807) is 11.3 Å². The number of hydrogen-bond donors (Lipinski definition) is 1. The summed E-state index contributed by atoms with van der Waals surface area (Å²) in [6, 6.07) is 8.95. The van der Waals surface area contributed by atoms with Crippen molar-refractivity contribution in [2.45, 2.75) is 26.3 Å². The van der Waals surface area contributed by atoms with Gasteiger partial charge in [0.15, 0.2) is 0 Å². The Morgan fingerprint density at radius 2 is 2.29 bits per heavy atom. The number of rotatable bonds is 5. The largest absolute Gasteiger partial charge is 0.306 e. The molecule has 0 saturated heterocycles. The third-order valence-electron chi connectivity index (χ3n) is 2.71. The van der Waals surface area contributed by atoms with E-state index >= 15 is 0 Å². The van der Waals surface area contributed by atoms with E-state index in [9.17, 15) is 0 Å². The number of aromatic nitrogens is 1. The lowest BCUT2D eigenvalue weighted by Crippen LogP contribution is -2.22. The minimum absolute atomic E-state index is 0.280. The summed E-state index contributed by atoms with van der Waals surface area (Å²) in [5.74, 6) is 0. The minimum Gasteiger partial charge on any atom is -0.306 e. The second kappa shape index (κ2) is 5.94. The topological polar surface area (TPSA) is 24.9 Å². The lowest BCUT2D eigenvalue weighted by atomic mass is 10.0. The van der Waals surface area contributed by atoms with Gasteiger partial charge in [0.05, 0.1) is 11.6 Å². The van der Waals surface area contributed by atoms with Crippen molar-refractivity contribution < 1.29 is 0 Å². The molecule has 1 atom stereocenters. The van der Waals surface area contributed by atoms with Crippen molar-refractivity contribution in [1.82, 2.24) is 10.3 Å². The van der Waals surface area contributed by atoms with Gasteiger partial charge in [-0.25, -0.2) is 0 Å². The molecule has 0 aliphatic heterocycles. The Morgan fingerprint density at radius 1 is 1.41 bits per heavy atom. The molecule has 1 aromatic heterocycles. The molecule has 1 N–H and O–H groups in total. The molecule has 3 heteroatoms. The predicted molar refractivity (Wildman–Crippen MR) is 73.4 cm³/mol. The molecule has 90 valence electrons. The molecule has 1 aromatic carbocycles. The van der Waals surface area contributed by atoms with E-state index in [1.807, 2.05) is 11.7 Å². The molecule has 0 aliphatic rings. The molecule has 17 heavy (non-hydrogen) atoms. The fourth-order valence-corrected chi connectivity index (χ4v) is 2.61. The molecule has 1 unspecified atom stereocenters. The molecular formula is C14H18N2S. The van der Waals surface area contributed by atoms with Gasteiger partial charge in [0.2, 0.25) is 0 Å². The Morgan fingerprint density at radius 3 is 2.94 bits per heavy atom. The number of nitrogens with one attached hydrogen (secondary N) is 1. The number of hydrogen-bond acceptors (Lipinski definition) is 3. The number of aryl methyl sites for hydroxylation is 1. The van der Waals surface area contributed by atoms with E-state index in [4.69, 9.17) is 0 Å². The standard InChI is InChI=1S/C14H18N2S/c1-3-7-16-14(13-9-15-10-17-13)12-6-4-5-11(2)8-12/h4-6,8-10,14,16H,3,7H2,1-2H3. The normalized spacial score (nSPS) is 12.6. The molecule has 0 bridgehead atoms. The van der Waals surface area contributed by atoms with Gasteiger partial charge >= 0.3 is 0 Å². The Kier molecular flexibility index (Phi) is 4.29. The van der Waals surface area contributed by atoms with Crippen molar-refractivity contribution in [3.8, 4) is 0 Å². The second-order valence-corrected chi connectivity index (χ2v) is 5.12. The van der Waals surface area contributed by atoms with E-state index in [0.29, 0.717) is 0 Å². The second-order valence-electron chi connectivity index (χ2n) is 4.21. The van der Waals surface area contributed by atoms with Gasteiger partial charge in [-0.1, -0.05) is 36.8 Å². The number of nitrogens with zero attached hydrogens (tertiary/aromatic N) is 1. The highest BCUT2D eigenvalue weighted by Gasteiger charge is 2.14. The van der Waals surface area contributed by atoms with E-state index in [-0.39, 0.29) is 6.04 Å². The first-order valence-corrected chi connectivity index (χ1v) is 6.87. The smallest absolute Gasteiger partial charge is 0.0794 e. The van der Waals surface area contributed by atoms with Gasteiger partial charge in [0.1, 0.15) is 0 Å².